The highest BCUT2D eigenvalue weighted by Crippen LogP contribution is 2.71. The Morgan fingerprint density at radius 1 is 1.28 bits per heavy atom. The van der Waals surface area contributed by atoms with Gasteiger partial charge < -0.3 is 14.2 Å². The maximum Gasteiger partial charge on any atom is 0.318 e. The van der Waals surface area contributed by atoms with Crippen molar-refractivity contribution in [2.75, 3.05) is 0 Å². The molecule has 5 nitrogen and oxygen atoms in total. The van der Waals surface area contributed by atoms with E-state index >= 15 is 0 Å². The molecule has 0 N–H and O–H groups in total. The zero-order valence-corrected chi connectivity index (χ0v) is 14.7. The van der Waals surface area contributed by atoms with Crippen LogP contribution in [-0.4, -0.2) is 23.8 Å². The second-order valence-electron chi connectivity index (χ2n) is 8.56. The summed E-state index contributed by atoms with van der Waals surface area (Å²) in [6.45, 7) is 9.88. The van der Waals surface area contributed by atoms with E-state index < -0.39 is 28.6 Å². The van der Waals surface area contributed by atoms with Crippen molar-refractivity contribution in [3.63, 3.8) is 0 Å². The van der Waals surface area contributed by atoms with Crippen LogP contribution in [0.5, 0.6) is 0 Å². The lowest BCUT2D eigenvalue weighted by Crippen LogP contribution is -2.61. The average molecular weight is 342 g/mol. The normalized spacial score (nSPS) is 52.4. The maximum atomic E-state index is 13.1. The van der Waals surface area contributed by atoms with Crippen LogP contribution in [0.1, 0.15) is 33.6 Å². The Labute approximate surface area is 146 Å². The molecule has 0 aromatic carbocycles. The molecule has 0 aromatic heterocycles. The van der Waals surface area contributed by atoms with Crippen LogP contribution in [0, 0.1) is 28.6 Å². The zero-order valence-electron chi connectivity index (χ0n) is 14.7. The van der Waals surface area contributed by atoms with Gasteiger partial charge in [0.05, 0.1) is 17.3 Å². The summed E-state index contributed by atoms with van der Waals surface area (Å²) in [5.74, 6) is -0.776. The van der Waals surface area contributed by atoms with Crippen molar-refractivity contribution in [2.45, 2.75) is 45.5 Å². The van der Waals surface area contributed by atoms with Gasteiger partial charge >= 0.3 is 11.9 Å². The zero-order chi connectivity index (χ0) is 17.8. The molecule has 1 unspecified atom stereocenters. The lowest BCUT2D eigenvalue weighted by atomic mass is 9.47. The Bertz CT molecular complexity index is 794. The molecule has 0 amide bonds. The first-order chi connectivity index (χ1) is 11.8. The fraction of sp³-hybridized carbons (Fsp3) is 0.600. The molecule has 3 aliphatic heterocycles. The molecule has 25 heavy (non-hydrogen) atoms. The van der Waals surface area contributed by atoms with Crippen molar-refractivity contribution < 1.29 is 23.8 Å². The first-order valence-corrected chi connectivity index (χ1v) is 8.91. The van der Waals surface area contributed by atoms with E-state index in [2.05, 4.69) is 13.5 Å². The van der Waals surface area contributed by atoms with Gasteiger partial charge in [-0.15, -0.1) is 6.58 Å². The summed E-state index contributed by atoms with van der Waals surface area (Å²) in [5.41, 5.74) is -0.794. The van der Waals surface area contributed by atoms with Gasteiger partial charge in [-0.2, -0.15) is 0 Å². The standard InChI is InChI=1S/C20H22O5/c1-5-18(3)7-6-13-19(4)12-9-11-8-10(2)23-16(22)14(18)20(11,13)25-17(19)24-15(12)21/h5,8-9,12-14,17H,1,6-7H2,2-4H3/t12-,13+,14+,17-,18?,19+,20-/m1/s1. The van der Waals surface area contributed by atoms with Crippen LogP contribution in [0.25, 0.3) is 0 Å². The molecule has 0 radical (unpaired) electrons. The summed E-state index contributed by atoms with van der Waals surface area (Å²) in [6.07, 6.45) is 6.74. The van der Waals surface area contributed by atoms with Crippen LogP contribution in [0.3, 0.4) is 0 Å². The predicted octanol–water partition coefficient (Wildman–Crippen LogP) is 2.88. The first kappa shape index (κ1) is 15.4. The molecule has 3 heterocycles. The minimum atomic E-state index is -0.813. The van der Waals surface area contributed by atoms with Crippen molar-refractivity contribution in [1.29, 1.82) is 0 Å². The Hall–Kier alpha value is -1.88. The van der Waals surface area contributed by atoms with Gasteiger partial charge in [-0.3, -0.25) is 9.59 Å². The number of carbonyl (C=O) groups excluding carboxylic acids is 2. The average Bonchev–Trinajstić information content (AvgIpc) is 2.83. The van der Waals surface area contributed by atoms with Crippen LogP contribution >= 0.6 is 0 Å². The van der Waals surface area contributed by atoms with E-state index in [-0.39, 0.29) is 23.8 Å². The van der Waals surface area contributed by atoms with Crippen molar-refractivity contribution in [3.05, 3.63) is 36.1 Å². The van der Waals surface area contributed by atoms with Crippen molar-refractivity contribution in [2.24, 2.45) is 28.6 Å². The van der Waals surface area contributed by atoms with E-state index in [0.29, 0.717) is 5.76 Å². The topological polar surface area (TPSA) is 61.8 Å². The summed E-state index contributed by atoms with van der Waals surface area (Å²) < 4.78 is 17.7. The minimum absolute atomic E-state index is 0.0363. The number of hydrogen-bond acceptors (Lipinski definition) is 5. The first-order valence-electron chi connectivity index (χ1n) is 8.91. The Morgan fingerprint density at radius 3 is 2.76 bits per heavy atom. The predicted molar refractivity (Wildman–Crippen MR) is 87.7 cm³/mol. The summed E-state index contributed by atoms with van der Waals surface area (Å²) >= 11 is 0. The quantitative estimate of drug-likeness (QED) is 0.542. The Kier molecular flexibility index (Phi) is 2.62. The van der Waals surface area contributed by atoms with E-state index in [4.69, 9.17) is 14.2 Å². The van der Waals surface area contributed by atoms with Gasteiger partial charge in [0.1, 0.15) is 11.4 Å². The van der Waals surface area contributed by atoms with E-state index in [1.165, 1.54) is 0 Å². The Morgan fingerprint density at radius 2 is 2.04 bits per heavy atom. The summed E-state index contributed by atoms with van der Waals surface area (Å²) in [4.78, 5) is 25.5. The summed E-state index contributed by atoms with van der Waals surface area (Å²) in [7, 11) is 0. The highest BCUT2D eigenvalue weighted by Gasteiger charge is 2.78. The van der Waals surface area contributed by atoms with Gasteiger partial charge in [0.2, 0.25) is 6.29 Å². The van der Waals surface area contributed by atoms with Gasteiger partial charge in [0.25, 0.3) is 0 Å². The number of hydrogen-bond donors (Lipinski definition) is 0. The molecule has 2 aliphatic carbocycles. The molecule has 2 bridgehead atoms. The number of rotatable bonds is 1. The van der Waals surface area contributed by atoms with Crippen LogP contribution in [-0.2, 0) is 23.8 Å². The molecular formula is C20H22O5. The number of carbonyl (C=O) groups is 2. The third-order valence-electron chi connectivity index (χ3n) is 7.41. The van der Waals surface area contributed by atoms with E-state index in [0.717, 1.165) is 18.4 Å². The number of cyclic esters (lactones) is 1. The fourth-order valence-electron chi connectivity index (χ4n) is 6.13. The lowest BCUT2D eigenvalue weighted by Gasteiger charge is -2.55. The van der Waals surface area contributed by atoms with Gasteiger partial charge in [0, 0.05) is 11.3 Å². The molecule has 5 heteroatoms. The molecule has 2 saturated heterocycles. The smallest absolute Gasteiger partial charge is 0.318 e. The fourth-order valence-corrected chi connectivity index (χ4v) is 6.13. The maximum absolute atomic E-state index is 13.1. The molecule has 5 rings (SSSR count). The largest absolute Gasteiger partial charge is 0.435 e. The summed E-state index contributed by atoms with van der Waals surface area (Å²) in [5, 5.41) is 0. The number of esters is 2. The SMILES string of the molecule is C=CC1(C)CC[C@@H]2[C@]34O[C@H]5OC(=O)[C@@H](C=C3C=C(C)OC(=O)[C@@H]14)[C@]52C. The molecule has 132 valence electrons. The minimum Gasteiger partial charge on any atom is -0.435 e. The Balaban J connectivity index is 1.83. The molecule has 7 atom stereocenters. The van der Waals surface area contributed by atoms with Crippen molar-refractivity contribution >= 4 is 11.9 Å². The molecular weight excluding hydrogens is 320 g/mol. The van der Waals surface area contributed by atoms with Crippen LogP contribution < -0.4 is 0 Å². The van der Waals surface area contributed by atoms with Gasteiger partial charge in [-0.25, -0.2) is 0 Å². The van der Waals surface area contributed by atoms with Crippen LogP contribution in [0.4, 0.5) is 0 Å². The second-order valence-corrected chi connectivity index (χ2v) is 8.56. The van der Waals surface area contributed by atoms with E-state index in [1.54, 1.807) is 6.92 Å². The van der Waals surface area contributed by atoms with Crippen LogP contribution in [0.15, 0.2) is 36.1 Å². The number of allylic oxidation sites excluding steroid dienone is 2. The summed E-state index contributed by atoms with van der Waals surface area (Å²) in [6, 6.07) is 0. The van der Waals surface area contributed by atoms with Gasteiger partial charge in [-0.1, -0.05) is 26.0 Å². The molecule has 5 aliphatic rings. The van der Waals surface area contributed by atoms with Crippen molar-refractivity contribution in [1.82, 2.24) is 0 Å². The third kappa shape index (κ3) is 1.47. The van der Waals surface area contributed by atoms with Gasteiger partial charge in [0.15, 0.2) is 0 Å². The van der Waals surface area contributed by atoms with Gasteiger partial charge in [-0.05, 0) is 31.4 Å². The van der Waals surface area contributed by atoms with Crippen LogP contribution in [0.2, 0.25) is 0 Å². The van der Waals surface area contributed by atoms with E-state index in [9.17, 15) is 9.59 Å². The van der Waals surface area contributed by atoms with E-state index in [1.807, 2.05) is 25.2 Å². The number of ether oxygens (including phenoxy) is 3. The highest BCUT2D eigenvalue weighted by molar-refractivity contribution is 5.83. The molecule has 3 fully saturated rings. The molecule has 1 spiro atoms. The van der Waals surface area contributed by atoms with Crippen molar-refractivity contribution in [3.8, 4) is 0 Å². The third-order valence-corrected chi connectivity index (χ3v) is 7.41. The molecule has 0 aromatic rings. The second kappa shape index (κ2) is 4.26. The lowest BCUT2D eigenvalue weighted by molar-refractivity contribution is -0.202. The highest BCUT2D eigenvalue weighted by atomic mass is 16.7. The molecule has 1 saturated carbocycles. The monoisotopic (exact) mass is 342 g/mol.